The van der Waals surface area contributed by atoms with Gasteiger partial charge in [-0.05, 0) is 0 Å². The second kappa shape index (κ2) is 6.67. The third-order valence-corrected chi connectivity index (χ3v) is 2.25. The molecule has 1 aromatic rings. The number of hydrogen-bond acceptors (Lipinski definition) is 4. The van der Waals surface area contributed by atoms with Gasteiger partial charge in [-0.2, -0.15) is 5.10 Å². The van der Waals surface area contributed by atoms with Crippen LogP contribution in [-0.2, 0) is 6.67 Å². The van der Waals surface area contributed by atoms with Gasteiger partial charge in [-0.15, -0.1) is 23.2 Å². The number of nitrogens with one attached hydrogen (secondary N) is 1. The first-order valence-corrected chi connectivity index (χ1v) is 5.75. The molecule has 0 aromatic carbocycles. The molecule has 0 unspecified atom stereocenters. The predicted molar refractivity (Wildman–Crippen MR) is 62.1 cm³/mol. The number of alkyl halides is 2. The number of hydrogen-bond donors (Lipinski definition) is 1. The van der Waals surface area contributed by atoms with Crippen molar-refractivity contribution in [3.05, 3.63) is 27.0 Å². The molecular weight excluding hydrogens is 255 g/mol. The smallest absolute Gasteiger partial charge is 0.282 e. The van der Waals surface area contributed by atoms with Gasteiger partial charge in [0.2, 0.25) is 0 Å². The summed E-state index contributed by atoms with van der Waals surface area (Å²) in [5, 5.41) is 3.71. The molecule has 8 heteroatoms. The third kappa shape index (κ3) is 3.96. The molecule has 0 saturated heterocycles. The van der Waals surface area contributed by atoms with Gasteiger partial charge >= 0.3 is 5.69 Å². The highest BCUT2D eigenvalue weighted by molar-refractivity contribution is 6.18. The molecular formula is C8H12Cl2N4O2. The first-order valence-electron chi connectivity index (χ1n) is 4.68. The summed E-state index contributed by atoms with van der Waals surface area (Å²) in [7, 11) is 0. The number of halogens is 2. The largest absolute Gasteiger partial charge is 0.346 e. The minimum atomic E-state index is -0.540. The van der Waals surface area contributed by atoms with Crippen molar-refractivity contribution in [3.63, 3.8) is 0 Å². The summed E-state index contributed by atoms with van der Waals surface area (Å²) >= 11 is 11.2. The maximum Gasteiger partial charge on any atom is 0.346 e. The second-order valence-electron chi connectivity index (χ2n) is 3.08. The van der Waals surface area contributed by atoms with E-state index in [-0.39, 0.29) is 6.67 Å². The minimum Gasteiger partial charge on any atom is -0.282 e. The molecule has 0 atom stereocenters. The lowest BCUT2D eigenvalue weighted by Crippen LogP contribution is -2.39. The van der Waals surface area contributed by atoms with Crippen molar-refractivity contribution < 1.29 is 0 Å². The number of rotatable bonds is 6. The Kier molecular flexibility index (Phi) is 5.51. The summed E-state index contributed by atoms with van der Waals surface area (Å²) in [6, 6.07) is 0. The number of H-pyrrole nitrogens is 1. The van der Waals surface area contributed by atoms with Gasteiger partial charge in [-0.3, -0.25) is 14.7 Å². The van der Waals surface area contributed by atoms with Crippen molar-refractivity contribution in [2.75, 3.05) is 24.8 Å². The van der Waals surface area contributed by atoms with Gasteiger partial charge in [0.05, 0.1) is 6.67 Å². The normalized spacial score (nSPS) is 10.9. The van der Waals surface area contributed by atoms with Crippen molar-refractivity contribution in [2.45, 2.75) is 6.67 Å². The van der Waals surface area contributed by atoms with E-state index in [1.807, 2.05) is 4.90 Å². The molecule has 0 saturated carbocycles. The second-order valence-corrected chi connectivity index (χ2v) is 3.83. The van der Waals surface area contributed by atoms with Crippen LogP contribution in [0.25, 0.3) is 0 Å². The van der Waals surface area contributed by atoms with E-state index in [4.69, 9.17) is 23.2 Å². The van der Waals surface area contributed by atoms with E-state index in [1.165, 1.54) is 0 Å². The monoisotopic (exact) mass is 266 g/mol. The van der Waals surface area contributed by atoms with Gasteiger partial charge in [0, 0.05) is 24.8 Å². The lowest BCUT2D eigenvalue weighted by atomic mass is 10.5. The zero-order valence-electron chi connectivity index (χ0n) is 8.53. The molecule has 0 aliphatic carbocycles. The van der Waals surface area contributed by atoms with Crippen LogP contribution in [0.1, 0.15) is 0 Å². The van der Waals surface area contributed by atoms with Crippen LogP contribution in [0, 0.1) is 0 Å². The molecule has 16 heavy (non-hydrogen) atoms. The number of aromatic amines is 1. The van der Waals surface area contributed by atoms with Gasteiger partial charge in [-0.1, -0.05) is 0 Å². The van der Waals surface area contributed by atoms with Crippen molar-refractivity contribution in [3.8, 4) is 0 Å². The highest BCUT2D eigenvalue weighted by Crippen LogP contribution is 1.93. The zero-order valence-corrected chi connectivity index (χ0v) is 10.0. The van der Waals surface area contributed by atoms with Crippen LogP contribution >= 0.6 is 23.2 Å². The quantitative estimate of drug-likeness (QED) is 0.716. The Labute approximate surface area is 102 Å². The SMILES string of the molecule is O=c1cnn(CN(CCCl)CCCl)c(=O)[nH]1. The number of nitrogens with zero attached hydrogens (tertiary/aromatic N) is 3. The Bertz CT molecular complexity index is 425. The molecule has 0 radical (unpaired) electrons. The molecule has 0 aliphatic rings. The van der Waals surface area contributed by atoms with E-state index in [1.54, 1.807) is 0 Å². The molecule has 90 valence electrons. The average molecular weight is 267 g/mol. The van der Waals surface area contributed by atoms with Crippen LogP contribution < -0.4 is 11.2 Å². The topological polar surface area (TPSA) is 71.0 Å². The lowest BCUT2D eigenvalue weighted by molar-refractivity contribution is 0.223. The van der Waals surface area contributed by atoms with Crippen LogP contribution in [-0.4, -0.2) is 44.5 Å². The van der Waals surface area contributed by atoms with Crippen LogP contribution in [0.5, 0.6) is 0 Å². The molecule has 0 bridgehead atoms. The first-order chi connectivity index (χ1) is 7.67. The Morgan fingerprint density at radius 3 is 2.44 bits per heavy atom. The molecule has 1 aromatic heterocycles. The van der Waals surface area contributed by atoms with Gasteiger partial charge in [0.15, 0.2) is 0 Å². The summed E-state index contributed by atoms with van der Waals surface area (Å²) in [6.45, 7) is 1.46. The first kappa shape index (κ1) is 13.2. The van der Waals surface area contributed by atoms with E-state index < -0.39 is 11.2 Å². The zero-order chi connectivity index (χ0) is 12.0. The Morgan fingerprint density at radius 1 is 1.31 bits per heavy atom. The van der Waals surface area contributed by atoms with Crippen molar-refractivity contribution >= 4 is 23.2 Å². The van der Waals surface area contributed by atoms with Crippen molar-refractivity contribution in [1.82, 2.24) is 19.7 Å². The molecule has 1 heterocycles. The molecule has 1 N–H and O–H groups in total. The Balaban J connectivity index is 2.76. The molecule has 6 nitrogen and oxygen atoms in total. The molecule has 0 aliphatic heterocycles. The molecule has 0 spiro atoms. The van der Waals surface area contributed by atoms with Gasteiger partial charge in [0.25, 0.3) is 5.56 Å². The van der Waals surface area contributed by atoms with Crippen LogP contribution in [0.3, 0.4) is 0 Å². The highest BCUT2D eigenvalue weighted by Gasteiger charge is 2.06. The maximum absolute atomic E-state index is 11.3. The Morgan fingerprint density at radius 2 is 1.94 bits per heavy atom. The fourth-order valence-electron chi connectivity index (χ4n) is 1.16. The summed E-state index contributed by atoms with van der Waals surface area (Å²) in [5.41, 5.74) is -1.05. The standard InChI is InChI=1S/C8H12Cl2N4O2/c9-1-3-13(4-2-10)6-14-8(16)12-7(15)5-11-14/h5H,1-4,6H2,(H,12,15,16). The highest BCUT2D eigenvalue weighted by atomic mass is 35.5. The van der Waals surface area contributed by atoms with E-state index in [0.29, 0.717) is 24.8 Å². The minimum absolute atomic E-state index is 0.259. The molecule has 1 rings (SSSR count). The summed E-state index contributed by atoms with van der Waals surface area (Å²) in [5.74, 6) is 0.879. The maximum atomic E-state index is 11.3. The fraction of sp³-hybridized carbons (Fsp3) is 0.625. The molecule has 0 fully saturated rings. The Hall–Kier alpha value is -0.850. The third-order valence-electron chi connectivity index (χ3n) is 1.91. The summed E-state index contributed by atoms with van der Waals surface area (Å²) in [4.78, 5) is 26.1. The fourth-order valence-corrected chi connectivity index (χ4v) is 1.64. The lowest BCUT2D eigenvalue weighted by Gasteiger charge is -2.19. The number of aromatic nitrogens is 3. The van der Waals surface area contributed by atoms with Gasteiger partial charge in [-0.25, -0.2) is 9.48 Å². The van der Waals surface area contributed by atoms with E-state index in [0.717, 1.165) is 10.9 Å². The van der Waals surface area contributed by atoms with Gasteiger partial charge in [0.1, 0.15) is 6.20 Å². The van der Waals surface area contributed by atoms with Crippen LogP contribution in [0.15, 0.2) is 15.8 Å². The van der Waals surface area contributed by atoms with E-state index in [2.05, 4.69) is 10.1 Å². The summed E-state index contributed by atoms with van der Waals surface area (Å²) in [6.07, 6.45) is 1.06. The van der Waals surface area contributed by atoms with Crippen molar-refractivity contribution in [2.24, 2.45) is 0 Å². The average Bonchev–Trinajstić information content (AvgIpc) is 2.23. The summed E-state index contributed by atoms with van der Waals surface area (Å²) < 4.78 is 1.15. The molecule has 0 amide bonds. The van der Waals surface area contributed by atoms with Crippen LogP contribution in [0.2, 0.25) is 0 Å². The van der Waals surface area contributed by atoms with Crippen LogP contribution in [0.4, 0.5) is 0 Å². The van der Waals surface area contributed by atoms with E-state index >= 15 is 0 Å². The van der Waals surface area contributed by atoms with Crippen molar-refractivity contribution in [1.29, 1.82) is 0 Å². The predicted octanol–water partition coefficient (Wildman–Crippen LogP) is -0.331. The van der Waals surface area contributed by atoms with E-state index in [9.17, 15) is 9.59 Å². The van der Waals surface area contributed by atoms with Gasteiger partial charge < -0.3 is 0 Å².